The van der Waals surface area contributed by atoms with E-state index in [9.17, 15) is 0 Å². The van der Waals surface area contributed by atoms with Crippen LogP contribution in [-0.4, -0.2) is 13.6 Å². The van der Waals surface area contributed by atoms with Gasteiger partial charge in [-0.1, -0.05) is 70.6 Å². The molecule has 1 unspecified atom stereocenters. The van der Waals surface area contributed by atoms with Crippen molar-refractivity contribution in [3.63, 3.8) is 0 Å². The first-order valence-electron chi connectivity index (χ1n) is 7.24. The molecule has 0 amide bonds. The third-order valence-corrected chi connectivity index (χ3v) is 4.49. The molecule has 1 nitrogen and oxygen atoms in total. The zero-order chi connectivity index (χ0) is 15.3. The third kappa shape index (κ3) is 5.36. The van der Waals surface area contributed by atoms with Gasteiger partial charge in [-0.25, -0.2) is 0 Å². The molecule has 0 radical (unpaired) electrons. The molecule has 1 N–H and O–H groups in total. The molecule has 110 valence electrons. The number of rotatable bonds is 7. The Kier molecular flexibility index (Phi) is 6.79. The average Bonchev–Trinajstić information content (AvgIpc) is 2.35. The predicted octanol–water partition coefficient (Wildman–Crippen LogP) is 4.97. The summed E-state index contributed by atoms with van der Waals surface area (Å²) in [5.41, 5.74) is 2.86. The Labute approximate surface area is 120 Å². The normalized spacial score (nSPS) is 15.9. The fraction of sp³-hybridized carbons (Fsp3) is 0.667. The van der Waals surface area contributed by atoms with Crippen LogP contribution in [0.5, 0.6) is 0 Å². The van der Waals surface area contributed by atoms with Gasteiger partial charge in [0.15, 0.2) is 0 Å². The highest BCUT2D eigenvalue weighted by Gasteiger charge is 2.26. The minimum Gasteiger partial charge on any atom is -0.316 e. The van der Waals surface area contributed by atoms with Crippen LogP contribution in [-0.2, 0) is 0 Å². The van der Waals surface area contributed by atoms with Gasteiger partial charge in [0, 0.05) is 12.0 Å². The Morgan fingerprint density at radius 3 is 2.16 bits per heavy atom. The van der Waals surface area contributed by atoms with E-state index in [2.05, 4.69) is 78.6 Å². The van der Waals surface area contributed by atoms with E-state index in [1.807, 2.05) is 7.05 Å². The molecule has 0 fully saturated rings. The van der Waals surface area contributed by atoms with E-state index in [1.165, 1.54) is 11.1 Å². The van der Waals surface area contributed by atoms with Crippen molar-refractivity contribution in [2.24, 2.45) is 16.7 Å². The highest BCUT2D eigenvalue weighted by molar-refractivity contribution is 5.20. The van der Waals surface area contributed by atoms with Crippen LogP contribution in [0.1, 0.15) is 48.5 Å². The Bertz CT molecular complexity index is 356. The van der Waals surface area contributed by atoms with Gasteiger partial charge < -0.3 is 5.32 Å². The lowest BCUT2D eigenvalue weighted by atomic mass is 9.73. The zero-order valence-electron chi connectivity index (χ0n) is 14.2. The highest BCUT2D eigenvalue weighted by atomic mass is 14.8. The molecule has 0 aliphatic rings. The van der Waals surface area contributed by atoms with Gasteiger partial charge in [0.2, 0.25) is 0 Å². The molecular formula is C18H33N. The number of hydrogen-bond donors (Lipinski definition) is 1. The molecule has 0 rings (SSSR count). The van der Waals surface area contributed by atoms with Gasteiger partial charge in [0.25, 0.3) is 0 Å². The number of allylic oxidation sites excluding steroid dienone is 4. The first-order chi connectivity index (χ1) is 8.58. The summed E-state index contributed by atoms with van der Waals surface area (Å²) in [6.45, 7) is 20.7. The van der Waals surface area contributed by atoms with Crippen LogP contribution in [0, 0.1) is 16.7 Å². The first-order valence-corrected chi connectivity index (χ1v) is 7.24. The lowest BCUT2D eigenvalue weighted by Gasteiger charge is -2.32. The molecule has 0 bridgehead atoms. The largest absolute Gasteiger partial charge is 0.316 e. The van der Waals surface area contributed by atoms with Gasteiger partial charge in [0.05, 0.1) is 0 Å². The summed E-state index contributed by atoms with van der Waals surface area (Å²) < 4.78 is 0. The minimum atomic E-state index is 0.0316. The van der Waals surface area contributed by atoms with E-state index >= 15 is 0 Å². The van der Waals surface area contributed by atoms with Crippen LogP contribution < -0.4 is 5.32 Å². The fourth-order valence-electron chi connectivity index (χ4n) is 1.96. The van der Waals surface area contributed by atoms with E-state index in [1.54, 1.807) is 0 Å². The van der Waals surface area contributed by atoms with Gasteiger partial charge in [-0.15, -0.1) is 0 Å². The lowest BCUT2D eigenvalue weighted by molar-refractivity contribution is 0.347. The van der Waals surface area contributed by atoms with E-state index in [4.69, 9.17) is 0 Å². The highest BCUT2D eigenvalue weighted by Crippen LogP contribution is 2.36. The lowest BCUT2D eigenvalue weighted by Crippen LogP contribution is -2.24. The van der Waals surface area contributed by atoms with Crippen LogP contribution >= 0.6 is 0 Å². The van der Waals surface area contributed by atoms with Crippen molar-refractivity contribution in [1.82, 2.24) is 5.32 Å². The Morgan fingerprint density at radius 1 is 1.21 bits per heavy atom. The van der Waals surface area contributed by atoms with E-state index in [0.717, 1.165) is 6.54 Å². The second-order valence-corrected chi connectivity index (χ2v) is 6.76. The minimum absolute atomic E-state index is 0.0316. The zero-order valence-corrected chi connectivity index (χ0v) is 14.2. The van der Waals surface area contributed by atoms with Gasteiger partial charge in [-0.2, -0.15) is 0 Å². The smallest absolute Gasteiger partial charge is 0.0167 e. The molecule has 0 aromatic heterocycles. The van der Waals surface area contributed by atoms with Crippen LogP contribution in [0.3, 0.4) is 0 Å². The van der Waals surface area contributed by atoms with Crippen molar-refractivity contribution < 1.29 is 0 Å². The molecule has 0 aliphatic heterocycles. The Morgan fingerprint density at radius 2 is 1.74 bits per heavy atom. The Balaban J connectivity index is 5.00. The molecule has 0 aliphatic carbocycles. The van der Waals surface area contributed by atoms with E-state index in [-0.39, 0.29) is 10.8 Å². The summed E-state index contributed by atoms with van der Waals surface area (Å²) >= 11 is 0. The van der Waals surface area contributed by atoms with Crippen molar-refractivity contribution in [1.29, 1.82) is 0 Å². The van der Waals surface area contributed by atoms with Gasteiger partial charge in [-0.05, 0) is 32.2 Å². The molecule has 0 heterocycles. The molecule has 1 heteroatoms. The summed E-state index contributed by atoms with van der Waals surface area (Å²) in [6, 6.07) is 0. The van der Waals surface area contributed by atoms with Crippen molar-refractivity contribution in [3.05, 3.63) is 36.0 Å². The fourth-order valence-corrected chi connectivity index (χ4v) is 1.96. The number of nitrogens with one attached hydrogen (secondary N) is 1. The molecule has 0 spiro atoms. The molecule has 19 heavy (non-hydrogen) atoms. The van der Waals surface area contributed by atoms with Crippen LogP contribution in [0.2, 0.25) is 0 Å². The van der Waals surface area contributed by atoms with Crippen molar-refractivity contribution in [2.75, 3.05) is 13.6 Å². The molecule has 1 atom stereocenters. The average molecular weight is 263 g/mol. The van der Waals surface area contributed by atoms with Gasteiger partial charge in [-0.3, -0.25) is 0 Å². The van der Waals surface area contributed by atoms with Crippen molar-refractivity contribution >= 4 is 0 Å². The van der Waals surface area contributed by atoms with E-state index < -0.39 is 0 Å². The quantitative estimate of drug-likeness (QED) is 0.639. The van der Waals surface area contributed by atoms with Gasteiger partial charge >= 0.3 is 0 Å². The molecule has 0 saturated carbocycles. The predicted molar refractivity (Wildman–Crippen MR) is 88.4 cm³/mol. The van der Waals surface area contributed by atoms with Crippen LogP contribution in [0.4, 0.5) is 0 Å². The molecule has 0 aromatic rings. The van der Waals surface area contributed by atoms with Crippen LogP contribution in [0.25, 0.3) is 0 Å². The van der Waals surface area contributed by atoms with E-state index in [0.29, 0.717) is 5.92 Å². The number of likely N-dealkylation sites (N-methyl/N-ethyl adjacent to an activating group) is 1. The summed E-state index contributed by atoms with van der Waals surface area (Å²) in [5, 5.41) is 3.18. The van der Waals surface area contributed by atoms with Crippen LogP contribution in [0.15, 0.2) is 36.0 Å². The summed E-state index contributed by atoms with van der Waals surface area (Å²) in [7, 11) is 1.96. The second kappa shape index (κ2) is 7.09. The van der Waals surface area contributed by atoms with Gasteiger partial charge in [0.1, 0.15) is 0 Å². The Hall–Kier alpha value is -0.820. The second-order valence-electron chi connectivity index (χ2n) is 6.76. The maximum Gasteiger partial charge on any atom is 0.0167 e. The monoisotopic (exact) mass is 263 g/mol. The first kappa shape index (κ1) is 18.2. The molecule has 0 saturated heterocycles. The summed E-state index contributed by atoms with van der Waals surface area (Å²) in [6.07, 6.45) is 6.88. The third-order valence-electron chi connectivity index (χ3n) is 4.49. The maximum atomic E-state index is 4.19. The SMILES string of the molecule is C=C(CNC)C(C)(C)/C=C\C(C)(C)C(C)C(C)=CC. The standard InChI is InChI=1S/C18H33N/c1-10-14(2)16(4)18(7,8)12-11-17(5,6)15(3)13-19-9/h10-12,16,19H,3,13H2,1-2,4-9H3/b12-11-,14-10?. The number of hydrogen-bond acceptors (Lipinski definition) is 1. The maximum absolute atomic E-state index is 4.19. The van der Waals surface area contributed by atoms with Crippen molar-refractivity contribution in [2.45, 2.75) is 48.5 Å². The van der Waals surface area contributed by atoms with Crippen molar-refractivity contribution in [3.8, 4) is 0 Å². The summed E-state index contributed by atoms with van der Waals surface area (Å²) in [5.74, 6) is 0.544. The topological polar surface area (TPSA) is 12.0 Å². The summed E-state index contributed by atoms with van der Waals surface area (Å²) in [4.78, 5) is 0. The molecule has 0 aromatic carbocycles. The molecular weight excluding hydrogens is 230 g/mol.